The van der Waals surface area contributed by atoms with Crippen molar-refractivity contribution in [2.45, 2.75) is 19.3 Å². The maximum absolute atomic E-state index is 12.6. The molecule has 0 bridgehead atoms. The van der Waals surface area contributed by atoms with Crippen molar-refractivity contribution >= 4 is 17.7 Å². The van der Waals surface area contributed by atoms with Crippen LogP contribution in [0.3, 0.4) is 0 Å². The van der Waals surface area contributed by atoms with Crippen molar-refractivity contribution in [1.29, 1.82) is 0 Å². The lowest BCUT2D eigenvalue weighted by atomic mass is 10.1. The number of hydrogen-bond acceptors (Lipinski definition) is 6. The van der Waals surface area contributed by atoms with E-state index in [4.69, 9.17) is 14.2 Å². The number of ether oxygens (including phenoxy) is 3. The summed E-state index contributed by atoms with van der Waals surface area (Å²) in [7, 11) is 0. The van der Waals surface area contributed by atoms with E-state index in [9.17, 15) is 14.4 Å². The summed E-state index contributed by atoms with van der Waals surface area (Å²) in [5, 5.41) is 0. The van der Waals surface area contributed by atoms with Gasteiger partial charge in [-0.25, -0.2) is 0 Å². The molecule has 8 nitrogen and oxygen atoms in total. The highest BCUT2D eigenvalue weighted by molar-refractivity contribution is 6.21. The standard InChI is InChI=1S/C21H28N2O6/c24-19(22-9-11-27-13-15-29-16-14-28-12-10-22)7-3-4-8-23-20(25)17-5-1-2-6-18(17)21(23)26/h1-2,5-6H,3-4,7-16H2. The van der Waals surface area contributed by atoms with Crippen LogP contribution in [0.2, 0.25) is 0 Å². The molecule has 0 N–H and O–H groups in total. The van der Waals surface area contributed by atoms with Crippen LogP contribution in [0.4, 0.5) is 0 Å². The summed E-state index contributed by atoms with van der Waals surface area (Å²) in [5.41, 5.74) is 0.914. The van der Waals surface area contributed by atoms with Gasteiger partial charge in [-0.3, -0.25) is 19.3 Å². The second kappa shape index (κ2) is 11.0. The highest BCUT2D eigenvalue weighted by Gasteiger charge is 2.34. The number of unbranched alkanes of at least 4 members (excludes halogenated alkanes) is 1. The van der Waals surface area contributed by atoms with E-state index in [1.807, 2.05) is 0 Å². The Balaban J connectivity index is 1.41. The van der Waals surface area contributed by atoms with E-state index in [-0.39, 0.29) is 17.7 Å². The molecule has 0 aliphatic carbocycles. The van der Waals surface area contributed by atoms with Crippen molar-refractivity contribution in [3.05, 3.63) is 35.4 Å². The van der Waals surface area contributed by atoms with Gasteiger partial charge in [0.2, 0.25) is 5.91 Å². The van der Waals surface area contributed by atoms with Crippen LogP contribution < -0.4 is 0 Å². The minimum atomic E-state index is -0.252. The number of benzene rings is 1. The van der Waals surface area contributed by atoms with Gasteiger partial charge in [0.05, 0.1) is 50.8 Å². The lowest BCUT2D eigenvalue weighted by molar-refractivity contribution is -0.133. The SMILES string of the molecule is O=C(CCCCN1C(=O)c2ccccc2C1=O)N1CCOCCOCCOCC1. The predicted molar refractivity (Wildman–Crippen MR) is 105 cm³/mol. The van der Waals surface area contributed by atoms with Gasteiger partial charge in [-0.1, -0.05) is 12.1 Å². The smallest absolute Gasteiger partial charge is 0.261 e. The molecular weight excluding hydrogens is 376 g/mol. The fourth-order valence-corrected chi connectivity index (χ4v) is 3.40. The number of carbonyl (C=O) groups is 3. The maximum Gasteiger partial charge on any atom is 0.261 e. The number of amides is 3. The molecule has 29 heavy (non-hydrogen) atoms. The Bertz CT molecular complexity index is 676. The molecule has 8 heteroatoms. The maximum atomic E-state index is 12.6. The topological polar surface area (TPSA) is 85.4 Å². The molecule has 1 saturated heterocycles. The molecule has 158 valence electrons. The number of fused-ring (bicyclic) bond motifs is 1. The molecule has 0 aromatic heterocycles. The van der Waals surface area contributed by atoms with Crippen LogP contribution >= 0.6 is 0 Å². The first-order valence-electron chi connectivity index (χ1n) is 10.1. The first-order chi connectivity index (χ1) is 14.2. The Morgan fingerprint density at radius 1 is 0.793 bits per heavy atom. The van der Waals surface area contributed by atoms with Gasteiger partial charge >= 0.3 is 0 Å². The van der Waals surface area contributed by atoms with Crippen molar-refractivity contribution in [1.82, 2.24) is 9.80 Å². The quantitative estimate of drug-likeness (QED) is 0.544. The minimum Gasteiger partial charge on any atom is -0.377 e. The first kappa shape index (κ1) is 21.4. The first-order valence-corrected chi connectivity index (χ1v) is 10.1. The van der Waals surface area contributed by atoms with E-state index in [2.05, 4.69) is 0 Å². The summed E-state index contributed by atoms with van der Waals surface area (Å²) in [6.07, 6.45) is 1.57. The third kappa shape index (κ3) is 5.85. The molecule has 3 amide bonds. The molecule has 0 atom stereocenters. The number of rotatable bonds is 5. The zero-order valence-corrected chi connectivity index (χ0v) is 16.6. The lowest BCUT2D eigenvalue weighted by Crippen LogP contribution is -2.37. The van der Waals surface area contributed by atoms with Crippen LogP contribution in [0.25, 0.3) is 0 Å². The van der Waals surface area contributed by atoms with Crippen LogP contribution in [-0.2, 0) is 19.0 Å². The Labute approximate surface area is 170 Å². The Kier molecular flexibility index (Phi) is 8.15. The summed E-state index contributed by atoms with van der Waals surface area (Å²) in [6.45, 7) is 4.33. The van der Waals surface area contributed by atoms with E-state index >= 15 is 0 Å². The number of nitrogens with zero attached hydrogens (tertiary/aromatic N) is 2. The van der Waals surface area contributed by atoms with Crippen LogP contribution in [-0.4, -0.2) is 86.8 Å². The van der Waals surface area contributed by atoms with Crippen molar-refractivity contribution in [3.8, 4) is 0 Å². The molecule has 3 rings (SSSR count). The monoisotopic (exact) mass is 404 g/mol. The summed E-state index contributed by atoms with van der Waals surface area (Å²) in [4.78, 5) is 40.3. The average molecular weight is 404 g/mol. The van der Waals surface area contributed by atoms with Crippen LogP contribution in [0.15, 0.2) is 24.3 Å². The summed E-state index contributed by atoms with van der Waals surface area (Å²) >= 11 is 0. The van der Waals surface area contributed by atoms with Crippen LogP contribution in [0.5, 0.6) is 0 Å². The van der Waals surface area contributed by atoms with Gasteiger partial charge in [-0.15, -0.1) is 0 Å². The lowest BCUT2D eigenvalue weighted by Gasteiger charge is -2.23. The minimum absolute atomic E-state index is 0.0351. The highest BCUT2D eigenvalue weighted by Crippen LogP contribution is 2.22. The largest absolute Gasteiger partial charge is 0.377 e. The molecule has 0 saturated carbocycles. The summed E-state index contributed by atoms with van der Waals surface area (Å²) in [6, 6.07) is 6.85. The van der Waals surface area contributed by atoms with Crippen molar-refractivity contribution in [2.75, 3.05) is 59.3 Å². The van der Waals surface area contributed by atoms with Crippen molar-refractivity contribution < 1.29 is 28.6 Å². The van der Waals surface area contributed by atoms with Crippen molar-refractivity contribution in [3.63, 3.8) is 0 Å². The summed E-state index contributed by atoms with van der Waals surface area (Å²) < 4.78 is 16.3. The Morgan fingerprint density at radius 3 is 1.86 bits per heavy atom. The fourth-order valence-electron chi connectivity index (χ4n) is 3.40. The zero-order chi connectivity index (χ0) is 20.5. The molecule has 0 unspecified atom stereocenters. The molecular formula is C21H28N2O6. The van der Waals surface area contributed by atoms with E-state index < -0.39 is 0 Å². The zero-order valence-electron chi connectivity index (χ0n) is 16.6. The van der Waals surface area contributed by atoms with Gasteiger partial charge in [0.15, 0.2) is 0 Å². The third-order valence-corrected chi connectivity index (χ3v) is 5.01. The number of imide groups is 1. The normalized spacial score (nSPS) is 18.9. The predicted octanol–water partition coefficient (Wildman–Crippen LogP) is 1.34. The second-order valence-electron chi connectivity index (χ2n) is 6.98. The third-order valence-electron chi connectivity index (χ3n) is 5.01. The average Bonchev–Trinajstić information content (AvgIpc) is 2.96. The van der Waals surface area contributed by atoms with E-state index in [0.29, 0.717) is 89.7 Å². The number of carbonyl (C=O) groups excluding carboxylic acids is 3. The molecule has 0 spiro atoms. The van der Waals surface area contributed by atoms with Crippen molar-refractivity contribution in [2.24, 2.45) is 0 Å². The van der Waals surface area contributed by atoms with Gasteiger partial charge in [-0.2, -0.15) is 0 Å². The molecule has 1 aromatic carbocycles. The fraction of sp³-hybridized carbons (Fsp3) is 0.571. The Hall–Kier alpha value is -2.29. The van der Waals surface area contributed by atoms with Gasteiger partial charge in [0.25, 0.3) is 11.8 Å². The highest BCUT2D eigenvalue weighted by atomic mass is 16.5. The summed E-state index contributed by atoms with van der Waals surface area (Å²) in [5.74, 6) is -0.468. The van der Waals surface area contributed by atoms with Gasteiger partial charge in [0.1, 0.15) is 0 Å². The Morgan fingerprint density at radius 2 is 1.31 bits per heavy atom. The molecule has 2 heterocycles. The van der Waals surface area contributed by atoms with Gasteiger partial charge in [-0.05, 0) is 25.0 Å². The molecule has 1 fully saturated rings. The molecule has 2 aliphatic heterocycles. The molecule has 0 radical (unpaired) electrons. The van der Waals surface area contributed by atoms with E-state index in [1.54, 1.807) is 29.2 Å². The molecule has 2 aliphatic rings. The van der Waals surface area contributed by atoms with Gasteiger partial charge in [0, 0.05) is 26.1 Å². The molecule has 1 aromatic rings. The second-order valence-corrected chi connectivity index (χ2v) is 6.98. The van der Waals surface area contributed by atoms with Gasteiger partial charge < -0.3 is 19.1 Å². The van der Waals surface area contributed by atoms with Crippen LogP contribution in [0, 0.1) is 0 Å². The van der Waals surface area contributed by atoms with Crippen LogP contribution in [0.1, 0.15) is 40.0 Å². The van der Waals surface area contributed by atoms with E-state index in [0.717, 1.165) is 0 Å². The van der Waals surface area contributed by atoms with E-state index in [1.165, 1.54) is 4.90 Å². The number of hydrogen-bond donors (Lipinski definition) is 0.